The number of nitrogens with one attached hydrogen (secondary N) is 2. The van der Waals surface area contributed by atoms with E-state index in [0.717, 1.165) is 22.9 Å². The summed E-state index contributed by atoms with van der Waals surface area (Å²) < 4.78 is 28.6. The van der Waals surface area contributed by atoms with Gasteiger partial charge in [0.05, 0.1) is 4.90 Å². The quantitative estimate of drug-likeness (QED) is 0.871. The van der Waals surface area contributed by atoms with Crippen molar-refractivity contribution in [2.45, 2.75) is 55.6 Å². The highest BCUT2D eigenvalue weighted by molar-refractivity contribution is 9.10. The van der Waals surface area contributed by atoms with E-state index < -0.39 is 10.0 Å². The van der Waals surface area contributed by atoms with E-state index >= 15 is 0 Å². The maximum Gasteiger partial charge on any atom is 0.240 e. The molecule has 2 unspecified atom stereocenters. The molecule has 4 nitrogen and oxygen atoms in total. The molecule has 2 N–H and O–H groups in total. The SMILES string of the molecule is Cc1ccc(S(=O)(=O)NC2CC3CCC(C2)N3)cc1Br. The van der Waals surface area contributed by atoms with Crippen molar-refractivity contribution in [2.75, 3.05) is 0 Å². The second kappa shape index (κ2) is 5.40. The molecule has 0 amide bonds. The van der Waals surface area contributed by atoms with E-state index in [-0.39, 0.29) is 6.04 Å². The molecule has 0 radical (unpaired) electrons. The second-order valence-corrected chi connectivity index (χ2v) is 8.41. The first kappa shape index (κ1) is 14.5. The molecule has 2 heterocycles. The summed E-state index contributed by atoms with van der Waals surface area (Å²) in [5.74, 6) is 0. The Bertz CT molecular complexity index is 606. The van der Waals surface area contributed by atoms with Crippen LogP contribution in [-0.2, 0) is 10.0 Å². The lowest BCUT2D eigenvalue weighted by Gasteiger charge is -2.29. The van der Waals surface area contributed by atoms with Gasteiger partial charge in [-0.25, -0.2) is 13.1 Å². The molecular weight excluding hydrogens is 340 g/mol. The van der Waals surface area contributed by atoms with Crippen LogP contribution in [0, 0.1) is 6.92 Å². The van der Waals surface area contributed by atoms with Crippen molar-refractivity contribution in [3.8, 4) is 0 Å². The molecule has 1 aromatic rings. The van der Waals surface area contributed by atoms with Crippen molar-refractivity contribution in [1.82, 2.24) is 10.0 Å². The van der Waals surface area contributed by atoms with E-state index in [1.165, 1.54) is 12.8 Å². The summed E-state index contributed by atoms with van der Waals surface area (Å²) in [5, 5.41) is 3.52. The Hall–Kier alpha value is -0.430. The summed E-state index contributed by atoms with van der Waals surface area (Å²) in [6.07, 6.45) is 4.11. The molecule has 2 saturated heterocycles. The number of sulfonamides is 1. The van der Waals surface area contributed by atoms with Gasteiger partial charge in [0, 0.05) is 22.6 Å². The molecule has 2 bridgehead atoms. The number of hydrogen-bond acceptors (Lipinski definition) is 3. The van der Waals surface area contributed by atoms with Crippen LogP contribution in [0.4, 0.5) is 0 Å². The van der Waals surface area contributed by atoms with Crippen molar-refractivity contribution >= 4 is 26.0 Å². The minimum Gasteiger partial charge on any atom is -0.311 e. The van der Waals surface area contributed by atoms with Gasteiger partial charge in [0.2, 0.25) is 10.0 Å². The zero-order valence-electron chi connectivity index (χ0n) is 11.4. The Balaban J connectivity index is 1.76. The number of benzene rings is 1. The molecule has 1 aromatic carbocycles. The summed E-state index contributed by atoms with van der Waals surface area (Å²) in [6, 6.07) is 6.17. The van der Waals surface area contributed by atoms with Gasteiger partial charge in [-0.1, -0.05) is 22.0 Å². The van der Waals surface area contributed by atoms with Gasteiger partial charge >= 0.3 is 0 Å². The maximum atomic E-state index is 12.4. The maximum absolute atomic E-state index is 12.4. The summed E-state index contributed by atoms with van der Waals surface area (Å²) >= 11 is 3.39. The average molecular weight is 359 g/mol. The van der Waals surface area contributed by atoms with Crippen molar-refractivity contribution in [3.05, 3.63) is 28.2 Å². The Kier molecular flexibility index (Phi) is 3.92. The third kappa shape index (κ3) is 2.93. The number of halogens is 1. The molecule has 3 rings (SSSR count). The summed E-state index contributed by atoms with van der Waals surface area (Å²) in [7, 11) is -3.43. The van der Waals surface area contributed by atoms with Crippen LogP contribution in [0.5, 0.6) is 0 Å². The molecule has 0 spiro atoms. The molecule has 0 saturated carbocycles. The van der Waals surface area contributed by atoms with Crippen LogP contribution in [-0.4, -0.2) is 26.5 Å². The Morgan fingerprint density at radius 2 is 1.90 bits per heavy atom. The minimum absolute atomic E-state index is 0.0545. The predicted molar refractivity (Wildman–Crippen MR) is 82.2 cm³/mol. The van der Waals surface area contributed by atoms with Crippen molar-refractivity contribution in [1.29, 1.82) is 0 Å². The third-order valence-electron chi connectivity index (χ3n) is 4.25. The third-order valence-corrected chi connectivity index (χ3v) is 6.62. The summed E-state index contributed by atoms with van der Waals surface area (Å²) in [6.45, 7) is 1.94. The van der Waals surface area contributed by atoms with Crippen LogP contribution < -0.4 is 10.0 Å². The van der Waals surface area contributed by atoms with Gasteiger partial charge < -0.3 is 5.32 Å². The number of piperidine rings is 1. The van der Waals surface area contributed by atoms with Crippen LogP contribution in [0.2, 0.25) is 0 Å². The first-order valence-electron chi connectivity index (χ1n) is 6.98. The Morgan fingerprint density at radius 1 is 1.25 bits per heavy atom. The van der Waals surface area contributed by atoms with Gasteiger partial charge in [0.15, 0.2) is 0 Å². The zero-order valence-corrected chi connectivity index (χ0v) is 13.8. The lowest BCUT2D eigenvalue weighted by atomic mass is 10.0. The summed E-state index contributed by atoms with van der Waals surface area (Å²) in [5.41, 5.74) is 1.03. The monoisotopic (exact) mass is 358 g/mol. The van der Waals surface area contributed by atoms with Crippen LogP contribution in [0.3, 0.4) is 0 Å². The smallest absolute Gasteiger partial charge is 0.240 e. The standard InChI is InChI=1S/C14H19BrN2O2S/c1-9-2-5-13(8-14(9)15)20(18,19)17-12-6-10-3-4-11(7-12)16-10/h2,5,8,10-12,16-17H,3-4,6-7H2,1H3. The molecule has 2 fully saturated rings. The molecule has 2 aliphatic heterocycles. The first-order chi connectivity index (χ1) is 9.44. The van der Waals surface area contributed by atoms with Crippen LogP contribution in [0.15, 0.2) is 27.6 Å². The first-order valence-corrected chi connectivity index (χ1v) is 9.26. The van der Waals surface area contributed by atoms with E-state index in [1.54, 1.807) is 12.1 Å². The largest absolute Gasteiger partial charge is 0.311 e. The average Bonchev–Trinajstić information content (AvgIpc) is 2.71. The number of fused-ring (bicyclic) bond motifs is 2. The van der Waals surface area contributed by atoms with E-state index in [9.17, 15) is 8.42 Å². The molecule has 2 aliphatic rings. The molecule has 110 valence electrons. The van der Waals surface area contributed by atoms with Gasteiger partial charge in [-0.3, -0.25) is 0 Å². The van der Waals surface area contributed by atoms with Crippen molar-refractivity contribution < 1.29 is 8.42 Å². The van der Waals surface area contributed by atoms with E-state index in [4.69, 9.17) is 0 Å². The number of hydrogen-bond donors (Lipinski definition) is 2. The van der Waals surface area contributed by atoms with E-state index in [2.05, 4.69) is 26.0 Å². The number of aryl methyl sites for hydroxylation is 1. The molecule has 2 atom stereocenters. The zero-order chi connectivity index (χ0) is 14.3. The lowest BCUT2D eigenvalue weighted by Crippen LogP contribution is -2.47. The van der Waals surface area contributed by atoms with Crippen LogP contribution in [0.1, 0.15) is 31.2 Å². The molecule has 20 heavy (non-hydrogen) atoms. The predicted octanol–water partition coefficient (Wildman–Crippen LogP) is 2.32. The van der Waals surface area contributed by atoms with E-state index in [1.807, 2.05) is 13.0 Å². The topological polar surface area (TPSA) is 58.2 Å². The van der Waals surface area contributed by atoms with Gasteiger partial charge in [-0.15, -0.1) is 0 Å². The highest BCUT2D eigenvalue weighted by Gasteiger charge is 2.35. The lowest BCUT2D eigenvalue weighted by molar-refractivity contribution is 0.345. The van der Waals surface area contributed by atoms with Crippen LogP contribution in [0.25, 0.3) is 0 Å². The van der Waals surface area contributed by atoms with E-state index in [0.29, 0.717) is 17.0 Å². The highest BCUT2D eigenvalue weighted by atomic mass is 79.9. The Morgan fingerprint density at radius 3 is 2.50 bits per heavy atom. The van der Waals surface area contributed by atoms with Gasteiger partial charge in [0.1, 0.15) is 0 Å². The fourth-order valence-electron chi connectivity index (χ4n) is 3.18. The minimum atomic E-state index is -3.43. The van der Waals surface area contributed by atoms with Crippen molar-refractivity contribution in [2.24, 2.45) is 0 Å². The van der Waals surface area contributed by atoms with Crippen molar-refractivity contribution in [3.63, 3.8) is 0 Å². The fraction of sp³-hybridized carbons (Fsp3) is 0.571. The Labute approximate surface area is 128 Å². The second-order valence-electron chi connectivity index (χ2n) is 5.84. The van der Waals surface area contributed by atoms with Gasteiger partial charge in [0.25, 0.3) is 0 Å². The molecule has 6 heteroatoms. The van der Waals surface area contributed by atoms with Crippen LogP contribution >= 0.6 is 15.9 Å². The molecule has 0 aromatic heterocycles. The van der Waals surface area contributed by atoms with Gasteiger partial charge in [-0.05, 0) is 50.3 Å². The number of rotatable bonds is 3. The highest BCUT2D eigenvalue weighted by Crippen LogP contribution is 2.28. The molecule has 0 aliphatic carbocycles. The normalized spacial score (nSPS) is 29.6. The summed E-state index contributed by atoms with van der Waals surface area (Å²) in [4.78, 5) is 0.334. The fourth-order valence-corrected chi connectivity index (χ4v) is 5.00. The molecular formula is C14H19BrN2O2S. The van der Waals surface area contributed by atoms with Gasteiger partial charge in [-0.2, -0.15) is 0 Å².